The quantitative estimate of drug-likeness (QED) is 0.467. The largest absolute Gasteiger partial charge is 0.299 e. The molecule has 20 heavy (non-hydrogen) atoms. The number of Topliss-reactive ketones (excluding diaryl/α,β-unsaturated/α-hetero) is 1. The molecule has 3 heteroatoms. The van der Waals surface area contributed by atoms with Crippen LogP contribution in [0.4, 0.5) is 0 Å². The fourth-order valence-corrected chi connectivity index (χ4v) is 2.57. The molecule has 0 unspecified atom stereocenters. The Hall–Kier alpha value is -0.530. The van der Waals surface area contributed by atoms with E-state index in [9.17, 15) is 4.79 Å². The van der Waals surface area contributed by atoms with Crippen LogP contribution in [0, 0.1) is 0 Å². The number of carbonyl (C=O) groups is 1. The maximum atomic E-state index is 11.9. The minimum Gasteiger partial charge on any atom is -0.299 e. The molecule has 1 aromatic carbocycles. The highest BCUT2D eigenvalue weighted by Crippen LogP contribution is 2.23. The molecule has 0 saturated heterocycles. The van der Waals surface area contributed by atoms with Crippen LogP contribution < -0.4 is 0 Å². The fraction of sp³-hybridized carbons (Fsp3) is 0.588. The minimum atomic E-state index is 0.289. The maximum absolute atomic E-state index is 11.9. The van der Waals surface area contributed by atoms with Gasteiger partial charge in [-0.25, -0.2) is 0 Å². The third-order valence-electron chi connectivity index (χ3n) is 3.44. The molecule has 1 rings (SSSR count). The lowest BCUT2D eigenvalue weighted by Gasteiger charge is -2.04. The van der Waals surface area contributed by atoms with Crippen LogP contribution in [-0.4, -0.2) is 5.78 Å². The number of hydrogen-bond donors (Lipinski definition) is 0. The van der Waals surface area contributed by atoms with Crippen molar-refractivity contribution >= 4 is 29.0 Å². The third-order valence-corrected chi connectivity index (χ3v) is 4.18. The summed E-state index contributed by atoms with van der Waals surface area (Å²) in [5.74, 6) is 0.289. The topological polar surface area (TPSA) is 17.1 Å². The molecule has 0 aliphatic carbocycles. The molecule has 0 fully saturated rings. The second-order valence-electron chi connectivity index (χ2n) is 5.34. The Morgan fingerprint density at radius 1 is 0.950 bits per heavy atom. The first-order valence-electron chi connectivity index (χ1n) is 7.59. The second-order valence-corrected chi connectivity index (χ2v) is 6.15. The van der Waals surface area contributed by atoms with Crippen LogP contribution >= 0.6 is 23.2 Å². The predicted molar refractivity (Wildman–Crippen MR) is 87.8 cm³/mol. The summed E-state index contributed by atoms with van der Waals surface area (Å²) in [4.78, 5) is 11.9. The van der Waals surface area contributed by atoms with E-state index in [1.165, 1.54) is 32.1 Å². The first kappa shape index (κ1) is 17.5. The molecule has 1 aromatic rings. The highest BCUT2D eigenvalue weighted by molar-refractivity contribution is 6.42. The Morgan fingerprint density at radius 2 is 1.60 bits per heavy atom. The first-order chi connectivity index (χ1) is 9.63. The normalized spacial score (nSPS) is 10.8. The van der Waals surface area contributed by atoms with E-state index in [-0.39, 0.29) is 5.78 Å². The van der Waals surface area contributed by atoms with Crippen molar-refractivity contribution in [2.45, 2.75) is 64.7 Å². The average molecular weight is 315 g/mol. The van der Waals surface area contributed by atoms with E-state index < -0.39 is 0 Å². The minimum absolute atomic E-state index is 0.289. The van der Waals surface area contributed by atoms with Crippen molar-refractivity contribution < 1.29 is 4.79 Å². The Labute approximate surface area is 132 Å². The molecule has 0 spiro atoms. The predicted octanol–water partition coefficient (Wildman–Crippen LogP) is 6.25. The van der Waals surface area contributed by atoms with E-state index >= 15 is 0 Å². The monoisotopic (exact) mass is 314 g/mol. The van der Waals surface area contributed by atoms with Crippen LogP contribution in [-0.2, 0) is 11.2 Å². The lowest BCUT2D eigenvalue weighted by Crippen LogP contribution is -2.02. The summed E-state index contributed by atoms with van der Waals surface area (Å²) in [6.07, 6.45) is 9.80. The van der Waals surface area contributed by atoms with Gasteiger partial charge in [0.15, 0.2) is 0 Å². The van der Waals surface area contributed by atoms with Gasteiger partial charge in [-0.15, -0.1) is 0 Å². The summed E-state index contributed by atoms with van der Waals surface area (Å²) >= 11 is 11.8. The van der Waals surface area contributed by atoms with Gasteiger partial charge in [-0.1, -0.05) is 74.7 Å². The van der Waals surface area contributed by atoms with Crippen LogP contribution in [0.5, 0.6) is 0 Å². The van der Waals surface area contributed by atoms with Gasteiger partial charge in [0.2, 0.25) is 0 Å². The van der Waals surface area contributed by atoms with Crippen molar-refractivity contribution in [3.05, 3.63) is 33.8 Å². The van der Waals surface area contributed by atoms with E-state index in [0.29, 0.717) is 22.9 Å². The molecule has 0 radical (unpaired) electrons. The summed E-state index contributed by atoms with van der Waals surface area (Å²) in [7, 11) is 0. The Kier molecular flexibility index (Phi) is 8.97. The summed E-state index contributed by atoms with van der Waals surface area (Å²) in [6.45, 7) is 2.22. The van der Waals surface area contributed by atoms with Crippen LogP contribution in [0.2, 0.25) is 10.0 Å². The Bertz CT molecular complexity index is 415. The molecule has 0 N–H and O–H groups in total. The number of ketones is 1. The smallest absolute Gasteiger partial charge is 0.137 e. The zero-order chi connectivity index (χ0) is 14.8. The number of benzene rings is 1. The second kappa shape index (κ2) is 10.2. The molecule has 0 heterocycles. The molecule has 0 atom stereocenters. The van der Waals surface area contributed by atoms with E-state index in [1.54, 1.807) is 12.1 Å². The molecule has 0 amide bonds. The van der Waals surface area contributed by atoms with E-state index in [0.717, 1.165) is 18.4 Å². The van der Waals surface area contributed by atoms with Gasteiger partial charge in [-0.3, -0.25) is 4.79 Å². The highest BCUT2D eigenvalue weighted by atomic mass is 35.5. The van der Waals surface area contributed by atoms with Gasteiger partial charge < -0.3 is 0 Å². The van der Waals surface area contributed by atoms with Crippen molar-refractivity contribution in [1.29, 1.82) is 0 Å². The molecule has 112 valence electrons. The van der Waals surface area contributed by atoms with Crippen LogP contribution in [0.1, 0.15) is 63.9 Å². The van der Waals surface area contributed by atoms with Crippen molar-refractivity contribution in [1.82, 2.24) is 0 Å². The molecule has 1 nitrogen and oxygen atoms in total. The van der Waals surface area contributed by atoms with Gasteiger partial charge >= 0.3 is 0 Å². The van der Waals surface area contributed by atoms with Gasteiger partial charge in [0, 0.05) is 12.8 Å². The number of unbranched alkanes of at least 4 members (excludes halogenated alkanes) is 6. The standard InChI is InChI=1S/C17H24Cl2O/c1-2-3-4-5-6-7-8-9-15(20)12-14-10-11-16(18)17(19)13-14/h10-11,13H,2-9,12H2,1H3. The lowest BCUT2D eigenvalue weighted by molar-refractivity contribution is -0.118. The van der Waals surface area contributed by atoms with Gasteiger partial charge in [0.05, 0.1) is 10.0 Å². The van der Waals surface area contributed by atoms with Gasteiger partial charge in [-0.05, 0) is 24.1 Å². The molecule has 0 aliphatic heterocycles. The van der Waals surface area contributed by atoms with Crippen LogP contribution in [0.15, 0.2) is 18.2 Å². The van der Waals surface area contributed by atoms with Crippen molar-refractivity contribution in [3.8, 4) is 0 Å². The third kappa shape index (κ3) is 7.31. The van der Waals surface area contributed by atoms with Crippen molar-refractivity contribution in [3.63, 3.8) is 0 Å². The van der Waals surface area contributed by atoms with Crippen molar-refractivity contribution in [2.75, 3.05) is 0 Å². The number of rotatable bonds is 10. The molecule has 0 aliphatic rings. The number of halogens is 2. The number of carbonyl (C=O) groups excluding carboxylic acids is 1. The fourth-order valence-electron chi connectivity index (χ4n) is 2.24. The first-order valence-corrected chi connectivity index (χ1v) is 8.34. The summed E-state index contributed by atoms with van der Waals surface area (Å²) in [5, 5.41) is 1.06. The van der Waals surface area contributed by atoms with Gasteiger partial charge in [-0.2, -0.15) is 0 Å². The van der Waals surface area contributed by atoms with Crippen LogP contribution in [0.3, 0.4) is 0 Å². The molecule has 0 saturated carbocycles. The maximum Gasteiger partial charge on any atom is 0.137 e. The SMILES string of the molecule is CCCCCCCCCC(=O)Cc1ccc(Cl)c(Cl)c1. The van der Waals surface area contributed by atoms with E-state index in [1.807, 2.05) is 6.07 Å². The summed E-state index contributed by atoms with van der Waals surface area (Å²) < 4.78 is 0. The summed E-state index contributed by atoms with van der Waals surface area (Å²) in [6, 6.07) is 5.41. The van der Waals surface area contributed by atoms with Crippen molar-refractivity contribution in [2.24, 2.45) is 0 Å². The van der Waals surface area contributed by atoms with E-state index in [4.69, 9.17) is 23.2 Å². The molecule has 0 aromatic heterocycles. The Balaban J connectivity index is 2.15. The highest BCUT2D eigenvalue weighted by Gasteiger charge is 2.06. The molecular formula is C17H24Cl2O. The van der Waals surface area contributed by atoms with Gasteiger partial charge in [0.25, 0.3) is 0 Å². The average Bonchev–Trinajstić information content (AvgIpc) is 2.42. The van der Waals surface area contributed by atoms with E-state index in [2.05, 4.69) is 6.92 Å². The van der Waals surface area contributed by atoms with Crippen LogP contribution in [0.25, 0.3) is 0 Å². The Morgan fingerprint density at radius 3 is 2.25 bits per heavy atom. The molecular weight excluding hydrogens is 291 g/mol. The number of hydrogen-bond acceptors (Lipinski definition) is 1. The lowest BCUT2D eigenvalue weighted by atomic mass is 10.0. The zero-order valence-corrected chi connectivity index (χ0v) is 13.8. The van der Waals surface area contributed by atoms with Gasteiger partial charge in [0.1, 0.15) is 5.78 Å². The molecule has 0 bridgehead atoms. The zero-order valence-electron chi connectivity index (χ0n) is 12.3. The summed E-state index contributed by atoms with van der Waals surface area (Å²) in [5.41, 5.74) is 0.951.